The number of benzene rings is 1. The van der Waals surface area contributed by atoms with Gasteiger partial charge in [0.1, 0.15) is 11.9 Å². The van der Waals surface area contributed by atoms with Crippen molar-refractivity contribution in [2.75, 3.05) is 6.54 Å². The molecule has 0 bridgehead atoms. The average Bonchev–Trinajstić information content (AvgIpc) is 2.52. The summed E-state index contributed by atoms with van der Waals surface area (Å²) in [4.78, 5) is 21.9. The third kappa shape index (κ3) is 6.92. The predicted octanol–water partition coefficient (Wildman–Crippen LogP) is 0.635. The number of aliphatic carboxylic acids is 1. The number of amidine groups is 1. The molecular weight excluding hydrogens is 298 g/mol. The smallest absolute Gasteiger partial charge is 0.303 e. The van der Waals surface area contributed by atoms with Gasteiger partial charge in [0, 0.05) is 18.5 Å². The van der Waals surface area contributed by atoms with Crippen LogP contribution in [0.2, 0.25) is 0 Å². The lowest BCUT2D eigenvalue weighted by molar-refractivity contribution is -0.138. The summed E-state index contributed by atoms with van der Waals surface area (Å²) >= 11 is 0. The fourth-order valence-electron chi connectivity index (χ4n) is 2.16. The molecule has 0 aromatic heterocycles. The zero-order chi connectivity index (χ0) is 17.2. The second-order valence-corrected chi connectivity index (χ2v) is 5.27. The van der Waals surface area contributed by atoms with Crippen LogP contribution in [0.1, 0.15) is 36.8 Å². The fraction of sp³-hybridized carbons (Fsp3) is 0.438. The maximum atomic E-state index is 11.5. The number of rotatable bonds is 10. The Bertz CT molecular complexity index is 560. The SMILES string of the molecule is N=C(N)c1ccccc1CCCCNC(=O)[C@H](O)CCC(=O)O. The third-order valence-electron chi connectivity index (χ3n) is 3.41. The second kappa shape index (κ2) is 9.58. The van der Waals surface area contributed by atoms with E-state index in [0.29, 0.717) is 13.0 Å². The van der Waals surface area contributed by atoms with Gasteiger partial charge in [-0.05, 0) is 31.2 Å². The van der Waals surface area contributed by atoms with Crippen molar-refractivity contribution in [1.82, 2.24) is 5.32 Å². The number of carbonyl (C=O) groups excluding carboxylic acids is 1. The van der Waals surface area contributed by atoms with Gasteiger partial charge >= 0.3 is 5.97 Å². The van der Waals surface area contributed by atoms with Gasteiger partial charge in [-0.2, -0.15) is 0 Å². The molecule has 1 rings (SSSR count). The fourth-order valence-corrected chi connectivity index (χ4v) is 2.16. The molecule has 0 heterocycles. The van der Waals surface area contributed by atoms with E-state index in [2.05, 4.69) is 5.32 Å². The van der Waals surface area contributed by atoms with Crippen LogP contribution in [0.4, 0.5) is 0 Å². The van der Waals surface area contributed by atoms with Crippen LogP contribution in [-0.4, -0.2) is 40.6 Å². The van der Waals surface area contributed by atoms with E-state index in [-0.39, 0.29) is 18.7 Å². The highest BCUT2D eigenvalue weighted by atomic mass is 16.4. The lowest BCUT2D eigenvalue weighted by Gasteiger charge is -2.11. The monoisotopic (exact) mass is 321 g/mol. The molecule has 1 aromatic carbocycles. The summed E-state index contributed by atoms with van der Waals surface area (Å²) in [5, 5.41) is 28.1. The van der Waals surface area contributed by atoms with Crippen LogP contribution >= 0.6 is 0 Å². The van der Waals surface area contributed by atoms with Crippen molar-refractivity contribution in [3.05, 3.63) is 35.4 Å². The number of hydrogen-bond acceptors (Lipinski definition) is 4. The highest BCUT2D eigenvalue weighted by molar-refractivity contribution is 5.96. The van der Waals surface area contributed by atoms with E-state index in [1.54, 1.807) is 6.07 Å². The van der Waals surface area contributed by atoms with Gasteiger partial charge in [0.25, 0.3) is 0 Å². The molecule has 23 heavy (non-hydrogen) atoms. The molecule has 0 saturated carbocycles. The van der Waals surface area contributed by atoms with E-state index in [0.717, 1.165) is 24.0 Å². The second-order valence-electron chi connectivity index (χ2n) is 5.27. The number of nitrogens with two attached hydrogens (primary N) is 1. The van der Waals surface area contributed by atoms with Crippen LogP contribution in [0.15, 0.2) is 24.3 Å². The molecule has 0 unspecified atom stereocenters. The van der Waals surface area contributed by atoms with Crippen molar-refractivity contribution in [3.8, 4) is 0 Å². The van der Waals surface area contributed by atoms with Crippen molar-refractivity contribution in [3.63, 3.8) is 0 Å². The number of amides is 1. The minimum Gasteiger partial charge on any atom is -0.481 e. The first-order chi connectivity index (χ1) is 10.9. The summed E-state index contributed by atoms with van der Waals surface area (Å²) in [7, 11) is 0. The van der Waals surface area contributed by atoms with E-state index in [9.17, 15) is 14.7 Å². The summed E-state index contributed by atoms with van der Waals surface area (Å²) in [5.74, 6) is -1.55. The van der Waals surface area contributed by atoms with Crippen molar-refractivity contribution in [2.45, 2.75) is 38.2 Å². The van der Waals surface area contributed by atoms with Gasteiger partial charge in [0.05, 0.1) is 0 Å². The summed E-state index contributed by atoms with van der Waals surface area (Å²) < 4.78 is 0. The number of carboxylic acids is 1. The maximum absolute atomic E-state index is 11.5. The molecule has 0 saturated heterocycles. The van der Waals surface area contributed by atoms with Crippen LogP contribution in [0.25, 0.3) is 0 Å². The van der Waals surface area contributed by atoms with Gasteiger partial charge < -0.3 is 21.3 Å². The Balaban J connectivity index is 2.27. The van der Waals surface area contributed by atoms with Crippen LogP contribution in [0.3, 0.4) is 0 Å². The van der Waals surface area contributed by atoms with Crippen LogP contribution in [-0.2, 0) is 16.0 Å². The van der Waals surface area contributed by atoms with Crippen molar-refractivity contribution < 1.29 is 19.8 Å². The van der Waals surface area contributed by atoms with Gasteiger partial charge in [-0.25, -0.2) is 0 Å². The first-order valence-electron chi connectivity index (χ1n) is 7.51. The highest BCUT2D eigenvalue weighted by Crippen LogP contribution is 2.11. The number of hydrogen-bond donors (Lipinski definition) is 5. The van der Waals surface area contributed by atoms with E-state index >= 15 is 0 Å². The Hall–Kier alpha value is -2.41. The molecule has 126 valence electrons. The minimum atomic E-state index is -1.29. The molecule has 0 fully saturated rings. The van der Waals surface area contributed by atoms with Crippen molar-refractivity contribution in [2.24, 2.45) is 5.73 Å². The van der Waals surface area contributed by atoms with Gasteiger partial charge in [0.2, 0.25) is 5.91 Å². The summed E-state index contributed by atoms with van der Waals surface area (Å²) in [6.45, 7) is 0.408. The van der Waals surface area contributed by atoms with Gasteiger partial charge in [0.15, 0.2) is 0 Å². The zero-order valence-corrected chi connectivity index (χ0v) is 12.9. The summed E-state index contributed by atoms with van der Waals surface area (Å²) in [6.07, 6.45) is 0.639. The molecule has 1 aromatic rings. The molecule has 0 spiro atoms. The first kappa shape index (κ1) is 18.6. The lowest BCUT2D eigenvalue weighted by Crippen LogP contribution is -2.35. The Kier molecular flexibility index (Phi) is 7.76. The minimum absolute atomic E-state index is 0.0375. The topological polar surface area (TPSA) is 136 Å². The quantitative estimate of drug-likeness (QED) is 0.245. The third-order valence-corrected chi connectivity index (χ3v) is 3.41. The van der Waals surface area contributed by atoms with E-state index in [1.165, 1.54) is 0 Å². The zero-order valence-electron chi connectivity index (χ0n) is 12.9. The number of carboxylic acid groups (broad SMARTS) is 1. The van der Waals surface area contributed by atoms with Gasteiger partial charge in [-0.3, -0.25) is 15.0 Å². The summed E-state index contributed by atoms with van der Waals surface area (Å²) in [5.41, 5.74) is 7.24. The Morgan fingerprint density at radius 2 is 1.96 bits per heavy atom. The largest absolute Gasteiger partial charge is 0.481 e. The van der Waals surface area contributed by atoms with Crippen molar-refractivity contribution >= 4 is 17.7 Å². The van der Waals surface area contributed by atoms with Crippen LogP contribution in [0.5, 0.6) is 0 Å². The number of aryl methyl sites for hydroxylation is 1. The number of nitrogens with one attached hydrogen (secondary N) is 2. The normalized spacial score (nSPS) is 11.7. The number of aliphatic hydroxyl groups is 1. The predicted molar refractivity (Wildman–Crippen MR) is 86.3 cm³/mol. The number of nitrogen functional groups attached to an aromatic ring is 1. The number of unbranched alkanes of at least 4 members (excludes halogenated alkanes) is 1. The molecule has 0 radical (unpaired) electrons. The molecule has 6 N–H and O–H groups in total. The average molecular weight is 321 g/mol. The number of aliphatic hydroxyl groups excluding tert-OH is 1. The Morgan fingerprint density at radius 1 is 1.26 bits per heavy atom. The van der Waals surface area contributed by atoms with E-state index < -0.39 is 18.0 Å². The molecule has 7 heteroatoms. The molecule has 0 aliphatic carbocycles. The van der Waals surface area contributed by atoms with E-state index in [4.69, 9.17) is 16.2 Å². The molecule has 0 aliphatic rings. The summed E-state index contributed by atoms with van der Waals surface area (Å²) in [6, 6.07) is 7.45. The lowest BCUT2D eigenvalue weighted by atomic mass is 10.0. The van der Waals surface area contributed by atoms with Crippen molar-refractivity contribution in [1.29, 1.82) is 5.41 Å². The highest BCUT2D eigenvalue weighted by Gasteiger charge is 2.15. The number of carbonyl (C=O) groups is 2. The standard InChI is InChI=1S/C16H23N3O4/c17-15(18)12-7-2-1-5-11(12)6-3-4-10-19-16(23)13(20)8-9-14(21)22/h1-2,5,7,13,20H,3-4,6,8-10H2,(H3,17,18)(H,19,23)(H,21,22)/t13-/m1/s1. The molecule has 7 nitrogen and oxygen atoms in total. The molecule has 0 aliphatic heterocycles. The first-order valence-corrected chi connectivity index (χ1v) is 7.51. The van der Waals surface area contributed by atoms with Gasteiger partial charge in [-0.1, -0.05) is 24.3 Å². The van der Waals surface area contributed by atoms with Gasteiger partial charge in [-0.15, -0.1) is 0 Å². The molecule has 1 atom stereocenters. The maximum Gasteiger partial charge on any atom is 0.303 e. The molecular formula is C16H23N3O4. The van der Waals surface area contributed by atoms with Crippen LogP contribution < -0.4 is 11.1 Å². The van der Waals surface area contributed by atoms with E-state index in [1.807, 2.05) is 18.2 Å². The van der Waals surface area contributed by atoms with Crippen LogP contribution in [0, 0.1) is 5.41 Å². The Morgan fingerprint density at radius 3 is 2.61 bits per heavy atom. The molecule has 1 amide bonds. The Labute approximate surface area is 135 Å².